The smallest absolute Gasteiger partial charge is 0.211 e. The molecule has 80 valence electrons. The predicted octanol–water partition coefficient (Wildman–Crippen LogP) is 1.46. The van der Waals surface area contributed by atoms with Gasteiger partial charge in [-0.1, -0.05) is 6.42 Å². The van der Waals surface area contributed by atoms with Crippen molar-refractivity contribution in [3.63, 3.8) is 0 Å². The summed E-state index contributed by atoms with van der Waals surface area (Å²) in [5.41, 5.74) is 0. The number of rotatable bonds is 4. The second kappa shape index (κ2) is 4.52. The van der Waals surface area contributed by atoms with Crippen molar-refractivity contribution in [2.24, 2.45) is 27.7 Å². The molecule has 2 fully saturated rings. The molecule has 2 aliphatic carbocycles. The first kappa shape index (κ1) is 10.3. The minimum Gasteiger partial charge on any atom is -0.211 e. The van der Waals surface area contributed by atoms with Crippen LogP contribution in [0.2, 0.25) is 0 Å². The van der Waals surface area contributed by atoms with E-state index in [0.29, 0.717) is 18.4 Å². The van der Waals surface area contributed by atoms with Crippen LogP contribution >= 0.6 is 0 Å². The number of aliphatic imine (C=N–C) groups is 2. The van der Waals surface area contributed by atoms with Crippen LogP contribution in [0.5, 0.6) is 0 Å². The van der Waals surface area contributed by atoms with Crippen molar-refractivity contribution in [3.05, 3.63) is 0 Å². The average Bonchev–Trinajstić information content (AvgIpc) is 2.85. The van der Waals surface area contributed by atoms with Crippen LogP contribution in [0.1, 0.15) is 25.7 Å². The second-order valence-corrected chi connectivity index (χ2v) is 4.56. The SMILES string of the molecule is O=C=NCC(N=C=O)C1CC2CCC1C2. The molecule has 0 aliphatic heterocycles. The molecule has 0 radical (unpaired) electrons. The molecule has 2 bridgehead atoms. The monoisotopic (exact) mass is 206 g/mol. The van der Waals surface area contributed by atoms with Gasteiger partial charge in [0.25, 0.3) is 0 Å². The summed E-state index contributed by atoms with van der Waals surface area (Å²) in [6.07, 6.45) is 8.06. The molecule has 15 heavy (non-hydrogen) atoms. The maximum atomic E-state index is 10.3. The van der Waals surface area contributed by atoms with Crippen molar-refractivity contribution >= 4 is 12.2 Å². The first-order valence-electron chi connectivity index (χ1n) is 5.45. The zero-order valence-corrected chi connectivity index (χ0v) is 8.56. The highest BCUT2D eigenvalue weighted by atomic mass is 16.1. The standard InChI is InChI=1S/C11H14N2O2/c14-6-12-5-11(13-7-15)10-4-8-1-2-9(10)3-8/h8-11H,1-5H2. The lowest BCUT2D eigenvalue weighted by Crippen LogP contribution is -2.26. The van der Waals surface area contributed by atoms with Crippen LogP contribution < -0.4 is 0 Å². The summed E-state index contributed by atoms with van der Waals surface area (Å²) >= 11 is 0. The lowest BCUT2D eigenvalue weighted by Gasteiger charge is -2.25. The summed E-state index contributed by atoms with van der Waals surface area (Å²) in [7, 11) is 0. The number of nitrogens with zero attached hydrogens (tertiary/aromatic N) is 2. The van der Waals surface area contributed by atoms with E-state index in [-0.39, 0.29) is 6.04 Å². The minimum absolute atomic E-state index is 0.140. The molecule has 0 aromatic carbocycles. The molecule has 0 heterocycles. The lowest BCUT2D eigenvalue weighted by molar-refractivity contribution is 0.286. The lowest BCUT2D eigenvalue weighted by atomic mass is 9.83. The van der Waals surface area contributed by atoms with Gasteiger partial charge in [-0.15, -0.1) is 0 Å². The van der Waals surface area contributed by atoms with Gasteiger partial charge in [0, 0.05) is 0 Å². The van der Waals surface area contributed by atoms with Gasteiger partial charge in [-0.2, -0.15) is 0 Å². The molecule has 2 saturated carbocycles. The Balaban J connectivity index is 2.04. The van der Waals surface area contributed by atoms with E-state index in [1.807, 2.05) is 0 Å². The molecule has 2 aliphatic rings. The first-order valence-corrected chi connectivity index (χ1v) is 5.45. The van der Waals surface area contributed by atoms with Crippen LogP contribution in [0.3, 0.4) is 0 Å². The van der Waals surface area contributed by atoms with E-state index in [1.54, 1.807) is 6.08 Å². The van der Waals surface area contributed by atoms with Crippen LogP contribution in [0.15, 0.2) is 9.98 Å². The van der Waals surface area contributed by atoms with E-state index in [2.05, 4.69) is 9.98 Å². The second-order valence-electron chi connectivity index (χ2n) is 4.56. The summed E-state index contributed by atoms with van der Waals surface area (Å²) < 4.78 is 0. The molecule has 2 rings (SSSR count). The zero-order chi connectivity index (χ0) is 10.7. The largest absolute Gasteiger partial charge is 0.235 e. The fraction of sp³-hybridized carbons (Fsp3) is 0.818. The Kier molecular flexibility index (Phi) is 3.10. The summed E-state index contributed by atoms with van der Waals surface area (Å²) in [6.45, 7) is 0.298. The Labute approximate surface area is 88.5 Å². The first-order chi connectivity index (χ1) is 7.35. The molecular weight excluding hydrogens is 192 g/mol. The number of hydrogen-bond acceptors (Lipinski definition) is 4. The van der Waals surface area contributed by atoms with Gasteiger partial charge < -0.3 is 0 Å². The molecule has 0 aromatic rings. The molecule has 4 unspecified atom stereocenters. The van der Waals surface area contributed by atoms with E-state index >= 15 is 0 Å². The van der Waals surface area contributed by atoms with Gasteiger partial charge in [0.1, 0.15) is 0 Å². The molecule has 4 heteroatoms. The molecule has 0 saturated heterocycles. The number of carbonyl (C=O) groups excluding carboxylic acids is 2. The van der Waals surface area contributed by atoms with Crippen molar-refractivity contribution in [1.29, 1.82) is 0 Å². The molecule has 0 amide bonds. The normalized spacial score (nSPS) is 34.3. The van der Waals surface area contributed by atoms with Gasteiger partial charge in [-0.3, -0.25) is 0 Å². The highest BCUT2D eigenvalue weighted by Gasteiger charge is 2.43. The number of hydrogen-bond donors (Lipinski definition) is 0. The summed E-state index contributed by atoms with van der Waals surface area (Å²) in [5.74, 6) is 1.92. The Hall–Kier alpha value is -1.24. The van der Waals surface area contributed by atoms with Crippen LogP contribution in [-0.4, -0.2) is 24.7 Å². The third kappa shape index (κ3) is 2.06. The maximum Gasteiger partial charge on any atom is 0.235 e. The van der Waals surface area contributed by atoms with Crippen LogP contribution in [0.4, 0.5) is 0 Å². The van der Waals surface area contributed by atoms with Gasteiger partial charge in [-0.05, 0) is 37.0 Å². The van der Waals surface area contributed by atoms with E-state index < -0.39 is 0 Å². The van der Waals surface area contributed by atoms with Gasteiger partial charge in [0.15, 0.2) is 0 Å². The van der Waals surface area contributed by atoms with Crippen LogP contribution in [-0.2, 0) is 9.59 Å². The van der Waals surface area contributed by atoms with Crippen molar-refractivity contribution in [1.82, 2.24) is 0 Å². The Morgan fingerprint density at radius 3 is 2.60 bits per heavy atom. The minimum atomic E-state index is -0.140. The molecule has 0 N–H and O–H groups in total. The van der Waals surface area contributed by atoms with Crippen molar-refractivity contribution in [2.75, 3.05) is 6.54 Å². The molecule has 4 nitrogen and oxygen atoms in total. The molecular formula is C11H14N2O2. The third-order valence-corrected chi connectivity index (χ3v) is 3.85. The summed E-state index contributed by atoms with van der Waals surface area (Å²) in [4.78, 5) is 27.7. The average molecular weight is 206 g/mol. The molecule has 0 spiro atoms. The Morgan fingerprint density at radius 2 is 2.07 bits per heavy atom. The Morgan fingerprint density at radius 1 is 1.20 bits per heavy atom. The van der Waals surface area contributed by atoms with E-state index in [9.17, 15) is 9.59 Å². The maximum absolute atomic E-state index is 10.3. The highest BCUT2D eigenvalue weighted by Crippen LogP contribution is 2.50. The highest BCUT2D eigenvalue weighted by molar-refractivity contribution is 5.35. The molecule has 0 aromatic heterocycles. The van der Waals surface area contributed by atoms with Gasteiger partial charge >= 0.3 is 0 Å². The van der Waals surface area contributed by atoms with Crippen molar-refractivity contribution in [3.8, 4) is 0 Å². The summed E-state index contributed by atoms with van der Waals surface area (Å²) in [5, 5.41) is 0. The fourth-order valence-electron chi connectivity index (χ4n) is 3.24. The number of isocyanates is 2. The quantitative estimate of drug-likeness (QED) is 0.516. The van der Waals surface area contributed by atoms with Gasteiger partial charge in [0.2, 0.25) is 12.2 Å². The van der Waals surface area contributed by atoms with E-state index in [1.165, 1.54) is 25.3 Å². The van der Waals surface area contributed by atoms with Crippen molar-refractivity contribution in [2.45, 2.75) is 31.7 Å². The van der Waals surface area contributed by atoms with Crippen LogP contribution in [0.25, 0.3) is 0 Å². The Bertz CT molecular complexity index is 329. The number of fused-ring (bicyclic) bond motifs is 2. The topological polar surface area (TPSA) is 58.9 Å². The zero-order valence-electron chi connectivity index (χ0n) is 8.56. The van der Waals surface area contributed by atoms with Gasteiger partial charge in [-0.25, -0.2) is 19.6 Å². The predicted molar refractivity (Wildman–Crippen MR) is 53.8 cm³/mol. The third-order valence-electron chi connectivity index (χ3n) is 3.85. The van der Waals surface area contributed by atoms with E-state index in [4.69, 9.17) is 0 Å². The van der Waals surface area contributed by atoms with Gasteiger partial charge in [0.05, 0.1) is 12.6 Å². The molecule has 4 atom stereocenters. The van der Waals surface area contributed by atoms with Crippen molar-refractivity contribution < 1.29 is 9.59 Å². The van der Waals surface area contributed by atoms with E-state index in [0.717, 1.165) is 12.3 Å². The summed E-state index contributed by atoms with van der Waals surface area (Å²) in [6, 6.07) is -0.140. The fourth-order valence-corrected chi connectivity index (χ4v) is 3.24. The van der Waals surface area contributed by atoms with Crippen LogP contribution in [0, 0.1) is 17.8 Å².